The van der Waals surface area contributed by atoms with Gasteiger partial charge in [-0.05, 0) is 34.1 Å². The van der Waals surface area contributed by atoms with E-state index in [9.17, 15) is 0 Å². The fourth-order valence-corrected chi connectivity index (χ4v) is 2.04. The zero-order valence-electron chi connectivity index (χ0n) is 9.44. The first-order valence-electron chi connectivity index (χ1n) is 5.23. The number of hydrogen-bond acceptors (Lipinski definition) is 4. The SMILES string of the molecule is COc1ccc(-c2cnc(CCN)o2)cc1Br. The second-order valence-corrected chi connectivity index (χ2v) is 4.36. The van der Waals surface area contributed by atoms with E-state index in [1.165, 1.54) is 0 Å². The number of rotatable bonds is 4. The smallest absolute Gasteiger partial charge is 0.196 e. The number of halogens is 1. The number of benzene rings is 1. The monoisotopic (exact) mass is 296 g/mol. The van der Waals surface area contributed by atoms with Gasteiger partial charge >= 0.3 is 0 Å². The first-order valence-corrected chi connectivity index (χ1v) is 6.02. The van der Waals surface area contributed by atoms with Gasteiger partial charge in [-0.1, -0.05) is 0 Å². The highest BCUT2D eigenvalue weighted by Crippen LogP contribution is 2.30. The predicted octanol–water partition coefficient (Wildman–Crippen LogP) is 2.61. The fourth-order valence-electron chi connectivity index (χ4n) is 1.50. The van der Waals surface area contributed by atoms with Gasteiger partial charge in [-0.15, -0.1) is 0 Å². The highest BCUT2D eigenvalue weighted by molar-refractivity contribution is 9.10. The largest absolute Gasteiger partial charge is 0.496 e. The summed E-state index contributed by atoms with van der Waals surface area (Å²) in [5.41, 5.74) is 6.40. The molecular formula is C12H13BrN2O2. The molecule has 0 aliphatic rings. The molecule has 0 spiro atoms. The van der Waals surface area contributed by atoms with Crippen molar-refractivity contribution < 1.29 is 9.15 Å². The van der Waals surface area contributed by atoms with Gasteiger partial charge in [0.25, 0.3) is 0 Å². The zero-order chi connectivity index (χ0) is 12.3. The van der Waals surface area contributed by atoms with Crippen LogP contribution < -0.4 is 10.5 Å². The summed E-state index contributed by atoms with van der Waals surface area (Å²) < 4.78 is 11.6. The van der Waals surface area contributed by atoms with Crippen LogP contribution in [0.3, 0.4) is 0 Å². The molecule has 0 atom stereocenters. The van der Waals surface area contributed by atoms with E-state index in [4.69, 9.17) is 14.9 Å². The minimum absolute atomic E-state index is 0.534. The molecule has 90 valence electrons. The van der Waals surface area contributed by atoms with Crippen LogP contribution in [0, 0.1) is 0 Å². The summed E-state index contributed by atoms with van der Waals surface area (Å²) in [6.45, 7) is 0.534. The second kappa shape index (κ2) is 5.33. The van der Waals surface area contributed by atoms with Crippen molar-refractivity contribution in [3.63, 3.8) is 0 Å². The van der Waals surface area contributed by atoms with Crippen molar-refractivity contribution >= 4 is 15.9 Å². The van der Waals surface area contributed by atoms with Gasteiger partial charge < -0.3 is 14.9 Å². The molecule has 0 unspecified atom stereocenters. The maximum atomic E-state index is 5.59. The topological polar surface area (TPSA) is 61.3 Å². The molecule has 5 heteroatoms. The summed E-state index contributed by atoms with van der Waals surface area (Å²) in [4.78, 5) is 4.16. The summed E-state index contributed by atoms with van der Waals surface area (Å²) in [5, 5.41) is 0. The van der Waals surface area contributed by atoms with E-state index in [0.29, 0.717) is 18.9 Å². The fraction of sp³-hybridized carbons (Fsp3) is 0.250. The zero-order valence-corrected chi connectivity index (χ0v) is 11.0. The van der Waals surface area contributed by atoms with E-state index in [1.807, 2.05) is 18.2 Å². The van der Waals surface area contributed by atoms with Crippen molar-refractivity contribution in [3.8, 4) is 17.1 Å². The van der Waals surface area contributed by atoms with Crippen LogP contribution in [0.5, 0.6) is 5.75 Å². The van der Waals surface area contributed by atoms with E-state index in [2.05, 4.69) is 20.9 Å². The molecule has 0 saturated heterocycles. The van der Waals surface area contributed by atoms with Crippen LogP contribution in [-0.4, -0.2) is 18.6 Å². The average Bonchev–Trinajstić information content (AvgIpc) is 2.78. The molecule has 2 rings (SSSR count). The molecule has 0 aliphatic carbocycles. The number of hydrogen-bond donors (Lipinski definition) is 1. The molecule has 1 aromatic carbocycles. The van der Waals surface area contributed by atoms with E-state index in [1.54, 1.807) is 13.3 Å². The van der Waals surface area contributed by atoms with E-state index in [-0.39, 0.29) is 0 Å². The summed E-state index contributed by atoms with van der Waals surface area (Å²) in [6.07, 6.45) is 2.36. The van der Waals surface area contributed by atoms with Gasteiger partial charge in [0.2, 0.25) is 0 Å². The molecule has 0 saturated carbocycles. The van der Waals surface area contributed by atoms with Crippen LogP contribution in [0.15, 0.2) is 33.3 Å². The Balaban J connectivity index is 2.29. The summed E-state index contributed by atoms with van der Waals surface area (Å²) in [6, 6.07) is 5.74. The summed E-state index contributed by atoms with van der Waals surface area (Å²) in [7, 11) is 1.63. The number of methoxy groups -OCH3 is 1. The highest BCUT2D eigenvalue weighted by Gasteiger charge is 2.08. The van der Waals surface area contributed by atoms with Crippen LogP contribution in [0.1, 0.15) is 5.89 Å². The van der Waals surface area contributed by atoms with Crippen LogP contribution in [0.4, 0.5) is 0 Å². The Kier molecular flexibility index (Phi) is 3.81. The lowest BCUT2D eigenvalue weighted by Gasteiger charge is -2.04. The Morgan fingerprint density at radius 2 is 2.29 bits per heavy atom. The van der Waals surface area contributed by atoms with Gasteiger partial charge in [-0.2, -0.15) is 0 Å². The molecule has 0 radical (unpaired) electrons. The van der Waals surface area contributed by atoms with Gasteiger partial charge in [-0.3, -0.25) is 0 Å². The van der Waals surface area contributed by atoms with Crippen molar-refractivity contribution in [2.24, 2.45) is 5.73 Å². The first-order chi connectivity index (χ1) is 8.24. The first kappa shape index (κ1) is 12.1. The minimum atomic E-state index is 0.534. The lowest BCUT2D eigenvalue weighted by molar-refractivity contribution is 0.412. The van der Waals surface area contributed by atoms with Gasteiger partial charge in [0, 0.05) is 18.5 Å². The molecule has 17 heavy (non-hydrogen) atoms. The van der Waals surface area contributed by atoms with Gasteiger partial charge in [-0.25, -0.2) is 4.98 Å². The third-order valence-corrected chi connectivity index (χ3v) is 2.97. The summed E-state index contributed by atoms with van der Waals surface area (Å²) >= 11 is 3.44. The summed E-state index contributed by atoms with van der Waals surface area (Å²) in [5.74, 6) is 2.18. The van der Waals surface area contributed by atoms with Crippen molar-refractivity contribution in [2.75, 3.05) is 13.7 Å². The molecule has 0 amide bonds. The molecule has 2 N–H and O–H groups in total. The molecule has 0 fully saturated rings. The van der Waals surface area contributed by atoms with E-state index < -0.39 is 0 Å². The number of nitrogens with zero attached hydrogens (tertiary/aromatic N) is 1. The van der Waals surface area contributed by atoms with Crippen LogP contribution in [-0.2, 0) is 6.42 Å². The molecular weight excluding hydrogens is 284 g/mol. The van der Waals surface area contributed by atoms with Crippen molar-refractivity contribution in [2.45, 2.75) is 6.42 Å². The van der Waals surface area contributed by atoms with Crippen LogP contribution in [0.2, 0.25) is 0 Å². The minimum Gasteiger partial charge on any atom is -0.496 e. The van der Waals surface area contributed by atoms with Crippen molar-refractivity contribution in [1.29, 1.82) is 0 Å². The van der Waals surface area contributed by atoms with E-state index in [0.717, 1.165) is 21.5 Å². The Labute approximate surface area is 108 Å². The number of nitrogens with two attached hydrogens (primary N) is 1. The Bertz CT molecular complexity index is 511. The molecule has 0 aliphatic heterocycles. The number of oxazole rings is 1. The Hall–Kier alpha value is -1.33. The van der Waals surface area contributed by atoms with E-state index >= 15 is 0 Å². The van der Waals surface area contributed by atoms with Crippen molar-refractivity contribution in [3.05, 3.63) is 34.8 Å². The second-order valence-electron chi connectivity index (χ2n) is 3.51. The van der Waals surface area contributed by atoms with Gasteiger partial charge in [0.1, 0.15) is 5.75 Å². The maximum absolute atomic E-state index is 5.59. The molecule has 2 aromatic rings. The lowest BCUT2D eigenvalue weighted by Crippen LogP contribution is -2.02. The molecule has 0 bridgehead atoms. The highest BCUT2D eigenvalue weighted by atomic mass is 79.9. The average molecular weight is 297 g/mol. The normalized spacial score (nSPS) is 10.5. The van der Waals surface area contributed by atoms with Crippen LogP contribution >= 0.6 is 15.9 Å². The van der Waals surface area contributed by atoms with Crippen molar-refractivity contribution in [1.82, 2.24) is 4.98 Å². The maximum Gasteiger partial charge on any atom is 0.196 e. The quantitative estimate of drug-likeness (QED) is 0.942. The number of ether oxygens (including phenoxy) is 1. The number of aromatic nitrogens is 1. The van der Waals surface area contributed by atoms with Crippen LogP contribution in [0.25, 0.3) is 11.3 Å². The molecule has 1 aromatic heterocycles. The lowest BCUT2D eigenvalue weighted by atomic mass is 10.2. The van der Waals surface area contributed by atoms with Gasteiger partial charge in [0.15, 0.2) is 11.7 Å². The predicted molar refractivity (Wildman–Crippen MR) is 68.9 cm³/mol. The third kappa shape index (κ3) is 2.68. The molecule has 4 nitrogen and oxygen atoms in total. The Morgan fingerprint density at radius 3 is 2.94 bits per heavy atom. The Morgan fingerprint density at radius 1 is 1.47 bits per heavy atom. The third-order valence-electron chi connectivity index (χ3n) is 2.35. The molecule has 1 heterocycles. The standard InChI is InChI=1S/C12H13BrN2O2/c1-16-10-3-2-8(6-9(10)13)11-7-15-12(17-11)4-5-14/h2-3,6-7H,4-5,14H2,1H3. The van der Waals surface area contributed by atoms with Gasteiger partial charge in [0.05, 0.1) is 17.8 Å².